The minimum absolute atomic E-state index is 0.251. The molecule has 0 fully saturated rings. The Bertz CT molecular complexity index is 405. The lowest BCUT2D eigenvalue weighted by molar-refractivity contribution is -0.141. The van der Waals surface area contributed by atoms with Crippen LogP contribution in [0.5, 0.6) is 0 Å². The molecule has 0 aliphatic carbocycles. The van der Waals surface area contributed by atoms with Crippen LogP contribution in [0.2, 0.25) is 0 Å². The highest BCUT2D eigenvalue weighted by Crippen LogP contribution is 2.20. The molecule has 0 heterocycles. The van der Waals surface area contributed by atoms with E-state index in [0.717, 1.165) is 24.6 Å². The normalized spacial score (nSPS) is 11.9. The van der Waals surface area contributed by atoms with Gasteiger partial charge in [0.05, 0.1) is 6.61 Å². The van der Waals surface area contributed by atoms with Gasteiger partial charge in [0.2, 0.25) is 5.12 Å². The van der Waals surface area contributed by atoms with E-state index in [1.165, 1.54) is 6.92 Å². The van der Waals surface area contributed by atoms with Crippen LogP contribution < -0.4 is 0 Å². The Labute approximate surface area is 117 Å². The van der Waals surface area contributed by atoms with Crippen molar-refractivity contribution in [2.75, 3.05) is 12.4 Å². The number of unbranched alkanes of at least 4 members (excludes halogenated alkanes) is 1. The number of carbonyl (C=O) groups is 2. The summed E-state index contributed by atoms with van der Waals surface area (Å²) < 4.78 is 4.78. The Hall–Kier alpha value is -1.33. The van der Waals surface area contributed by atoms with Gasteiger partial charge in [0.15, 0.2) is 0 Å². The van der Waals surface area contributed by atoms with Gasteiger partial charge in [-0.3, -0.25) is 9.59 Å². The molecule has 1 aromatic carbocycles. The second kappa shape index (κ2) is 8.72. The van der Waals surface area contributed by atoms with Crippen LogP contribution in [0.1, 0.15) is 31.4 Å². The highest BCUT2D eigenvalue weighted by molar-refractivity contribution is 8.13. The molecular formula is C14H18O4S. The van der Waals surface area contributed by atoms with E-state index in [-0.39, 0.29) is 11.1 Å². The molecule has 0 radical (unpaired) electrons. The zero-order chi connectivity index (χ0) is 14.1. The van der Waals surface area contributed by atoms with Gasteiger partial charge in [-0.25, -0.2) is 0 Å². The monoisotopic (exact) mass is 282 g/mol. The maximum Gasteiger partial charge on any atom is 0.302 e. The van der Waals surface area contributed by atoms with Crippen LogP contribution in [0, 0.1) is 0 Å². The molecule has 0 saturated carbocycles. The van der Waals surface area contributed by atoms with Crippen molar-refractivity contribution < 1.29 is 19.4 Å². The molecule has 0 saturated heterocycles. The van der Waals surface area contributed by atoms with E-state index in [4.69, 9.17) is 4.74 Å². The van der Waals surface area contributed by atoms with Gasteiger partial charge in [-0.1, -0.05) is 42.1 Å². The topological polar surface area (TPSA) is 63.6 Å². The van der Waals surface area contributed by atoms with Crippen LogP contribution in [-0.4, -0.2) is 28.6 Å². The molecule has 0 aliphatic rings. The molecule has 1 N–H and O–H groups in total. The maximum absolute atomic E-state index is 11.7. The number of hydrogen-bond acceptors (Lipinski definition) is 5. The van der Waals surface area contributed by atoms with Gasteiger partial charge >= 0.3 is 5.97 Å². The highest BCUT2D eigenvalue weighted by atomic mass is 32.2. The third-order valence-electron chi connectivity index (χ3n) is 2.43. The predicted molar refractivity (Wildman–Crippen MR) is 74.7 cm³/mol. The van der Waals surface area contributed by atoms with E-state index in [9.17, 15) is 14.7 Å². The number of aliphatic hydroxyl groups is 1. The van der Waals surface area contributed by atoms with E-state index in [2.05, 4.69) is 0 Å². The van der Waals surface area contributed by atoms with Crippen molar-refractivity contribution in [3.05, 3.63) is 35.9 Å². The van der Waals surface area contributed by atoms with Crippen LogP contribution >= 0.6 is 11.8 Å². The second-order valence-electron chi connectivity index (χ2n) is 4.03. The van der Waals surface area contributed by atoms with Crippen LogP contribution in [0.3, 0.4) is 0 Å². The lowest BCUT2D eigenvalue weighted by Gasteiger charge is -2.09. The number of rotatable bonds is 7. The van der Waals surface area contributed by atoms with Gasteiger partial charge in [-0.15, -0.1) is 0 Å². The van der Waals surface area contributed by atoms with E-state index >= 15 is 0 Å². The summed E-state index contributed by atoms with van der Waals surface area (Å²) >= 11 is 1.11. The molecule has 0 spiro atoms. The molecule has 0 amide bonds. The molecule has 0 bridgehead atoms. The molecular weight excluding hydrogens is 264 g/mol. The van der Waals surface area contributed by atoms with Crippen molar-refractivity contribution in [1.82, 2.24) is 0 Å². The quantitative estimate of drug-likeness (QED) is 0.614. The van der Waals surface area contributed by atoms with Crippen LogP contribution in [0.25, 0.3) is 0 Å². The van der Waals surface area contributed by atoms with E-state index in [0.29, 0.717) is 17.9 Å². The van der Waals surface area contributed by atoms with Gasteiger partial charge < -0.3 is 9.84 Å². The number of ether oxygens (including phenoxy) is 1. The van der Waals surface area contributed by atoms with Crippen LogP contribution in [0.15, 0.2) is 30.3 Å². The number of esters is 1. The van der Waals surface area contributed by atoms with Crippen LogP contribution in [0.4, 0.5) is 0 Å². The summed E-state index contributed by atoms with van der Waals surface area (Å²) in [5.74, 6) is 0.326. The van der Waals surface area contributed by atoms with Gasteiger partial charge in [0, 0.05) is 12.7 Å². The Morgan fingerprint density at radius 3 is 2.58 bits per heavy atom. The maximum atomic E-state index is 11.7. The smallest absolute Gasteiger partial charge is 0.302 e. The first-order valence-corrected chi connectivity index (χ1v) is 7.13. The number of hydrogen-bond donors (Lipinski definition) is 1. The molecule has 5 heteroatoms. The lowest BCUT2D eigenvalue weighted by atomic mass is 10.1. The minimum atomic E-state index is -1.07. The fraction of sp³-hybridized carbons (Fsp3) is 0.429. The van der Waals surface area contributed by atoms with Gasteiger partial charge in [-0.2, -0.15) is 0 Å². The summed E-state index contributed by atoms with van der Waals surface area (Å²) in [6.45, 7) is 1.75. The number of aliphatic hydroxyl groups excluding tert-OH is 1. The van der Waals surface area contributed by atoms with Gasteiger partial charge in [0.25, 0.3) is 0 Å². The Balaban J connectivity index is 2.19. The standard InChI is InChI=1S/C14H18O4S/c1-11(15)18-9-5-6-10-19-14(17)13(16)12-7-3-2-4-8-12/h2-4,7-8,13,16H,5-6,9-10H2,1H3. The van der Waals surface area contributed by atoms with Crippen molar-refractivity contribution in [2.24, 2.45) is 0 Å². The first kappa shape index (κ1) is 15.7. The van der Waals surface area contributed by atoms with E-state index in [1.807, 2.05) is 6.07 Å². The lowest BCUT2D eigenvalue weighted by Crippen LogP contribution is -2.09. The molecule has 0 aliphatic heterocycles. The van der Waals surface area contributed by atoms with Crippen LogP contribution in [-0.2, 0) is 14.3 Å². The van der Waals surface area contributed by atoms with Crippen molar-refractivity contribution in [2.45, 2.75) is 25.9 Å². The summed E-state index contributed by atoms with van der Waals surface area (Å²) in [5, 5.41) is 9.57. The Morgan fingerprint density at radius 2 is 1.95 bits per heavy atom. The summed E-state index contributed by atoms with van der Waals surface area (Å²) in [6.07, 6.45) is 0.423. The summed E-state index contributed by atoms with van der Waals surface area (Å²) in [4.78, 5) is 22.2. The average Bonchev–Trinajstić information content (AvgIpc) is 2.42. The Morgan fingerprint density at radius 1 is 1.26 bits per heavy atom. The molecule has 104 valence electrons. The number of benzene rings is 1. The van der Waals surface area contributed by atoms with Crippen molar-refractivity contribution >= 4 is 22.8 Å². The third kappa shape index (κ3) is 6.40. The molecule has 1 aromatic rings. The first-order valence-electron chi connectivity index (χ1n) is 6.14. The number of thioether (sulfide) groups is 1. The van der Waals surface area contributed by atoms with Crippen molar-refractivity contribution in [3.63, 3.8) is 0 Å². The fourth-order valence-electron chi connectivity index (χ4n) is 1.44. The SMILES string of the molecule is CC(=O)OCCCCSC(=O)C(O)c1ccccc1. The highest BCUT2D eigenvalue weighted by Gasteiger charge is 2.16. The zero-order valence-corrected chi connectivity index (χ0v) is 11.7. The van der Waals surface area contributed by atoms with E-state index < -0.39 is 6.10 Å². The van der Waals surface area contributed by atoms with Gasteiger partial charge in [-0.05, 0) is 18.4 Å². The molecule has 0 aromatic heterocycles. The summed E-state index contributed by atoms with van der Waals surface area (Å²) in [7, 11) is 0. The minimum Gasteiger partial charge on any atom is -0.466 e. The molecule has 19 heavy (non-hydrogen) atoms. The fourth-order valence-corrected chi connectivity index (χ4v) is 2.29. The third-order valence-corrected chi connectivity index (χ3v) is 3.43. The average molecular weight is 282 g/mol. The number of carbonyl (C=O) groups excluding carboxylic acids is 2. The zero-order valence-electron chi connectivity index (χ0n) is 10.9. The van der Waals surface area contributed by atoms with E-state index in [1.54, 1.807) is 24.3 Å². The second-order valence-corrected chi connectivity index (χ2v) is 5.13. The largest absolute Gasteiger partial charge is 0.466 e. The summed E-state index contributed by atoms with van der Waals surface area (Å²) in [6, 6.07) is 8.86. The summed E-state index contributed by atoms with van der Waals surface area (Å²) in [5.41, 5.74) is 0.611. The van der Waals surface area contributed by atoms with Gasteiger partial charge in [0.1, 0.15) is 6.10 Å². The molecule has 1 atom stereocenters. The molecule has 1 rings (SSSR count). The molecule has 1 unspecified atom stereocenters. The van der Waals surface area contributed by atoms with Crippen molar-refractivity contribution in [3.8, 4) is 0 Å². The Kier molecular flexibility index (Phi) is 7.22. The van der Waals surface area contributed by atoms with Crippen molar-refractivity contribution in [1.29, 1.82) is 0 Å². The predicted octanol–water partition coefficient (Wildman–Crippen LogP) is 2.32. The molecule has 4 nitrogen and oxygen atoms in total. The first-order chi connectivity index (χ1) is 9.11.